The molecule has 0 fully saturated rings. The van der Waals surface area contributed by atoms with E-state index in [0.29, 0.717) is 5.58 Å². The zero-order valence-electron chi connectivity index (χ0n) is 15.4. The van der Waals surface area contributed by atoms with Gasteiger partial charge in [0.1, 0.15) is 5.58 Å². The molecule has 4 rings (SSSR count). The molecule has 0 spiro atoms. The average Bonchev–Trinajstić information content (AvgIpc) is 3.22. The van der Waals surface area contributed by atoms with Crippen LogP contribution in [0.3, 0.4) is 0 Å². The van der Waals surface area contributed by atoms with Gasteiger partial charge in [-0.3, -0.25) is 4.79 Å². The average molecular weight is 436 g/mol. The Bertz CT molecular complexity index is 1170. The third-order valence-electron chi connectivity index (χ3n) is 4.56. The van der Waals surface area contributed by atoms with E-state index in [9.17, 15) is 4.79 Å². The van der Waals surface area contributed by atoms with Gasteiger partial charge in [0.15, 0.2) is 5.76 Å². The molecule has 0 aliphatic rings. The van der Waals surface area contributed by atoms with Crippen molar-refractivity contribution in [3.05, 3.63) is 87.8 Å². The first kappa shape index (κ1) is 18.3. The van der Waals surface area contributed by atoms with Gasteiger partial charge in [0.05, 0.1) is 6.21 Å². The van der Waals surface area contributed by atoms with E-state index in [-0.39, 0.29) is 11.7 Å². The summed E-state index contributed by atoms with van der Waals surface area (Å²) in [6.07, 6.45) is 1.65. The second kappa shape index (κ2) is 7.48. The highest BCUT2D eigenvalue weighted by Gasteiger charge is 2.12. The molecule has 5 nitrogen and oxygen atoms in total. The van der Waals surface area contributed by atoms with Crippen molar-refractivity contribution in [3.8, 4) is 5.69 Å². The van der Waals surface area contributed by atoms with Gasteiger partial charge in [-0.15, -0.1) is 0 Å². The fraction of sp³-hybridized carbons (Fsp3) is 0.0909. The Morgan fingerprint density at radius 3 is 2.71 bits per heavy atom. The predicted molar refractivity (Wildman–Crippen MR) is 114 cm³/mol. The molecule has 1 amide bonds. The molecule has 0 unspecified atom stereocenters. The fourth-order valence-electron chi connectivity index (χ4n) is 3.24. The highest BCUT2D eigenvalue weighted by Crippen LogP contribution is 2.22. The van der Waals surface area contributed by atoms with E-state index in [2.05, 4.69) is 43.2 Å². The lowest BCUT2D eigenvalue weighted by atomic mass is 10.2. The lowest BCUT2D eigenvalue weighted by molar-refractivity contribution is 0.0929. The van der Waals surface area contributed by atoms with Gasteiger partial charge >= 0.3 is 5.91 Å². The zero-order chi connectivity index (χ0) is 19.7. The number of hydrazone groups is 1. The smallest absolute Gasteiger partial charge is 0.307 e. The maximum atomic E-state index is 12.3. The SMILES string of the molecule is Cc1cc(/C=N/NC(=O)c2cc3ccccc3o2)c(C)n1-c1cccc(Br)c1. The van der Waals surface area contributed by atoms with Crippen molar-refractivity contribution in [2.45, 2.75) is 13.8 Å². The van der Waals surface area contributed by atoms with Crippen LogP contribution in [0.2, 0.25) is 0 Å². The van der Waals surface area contributed by atoms with Crippen LogP contribution in [0.25, 0.3) is 16.7 Å². The number of halogens is 1. The van der Waals surface area contributed by atoms with Crippen molar-refractivity contribution in [2.75, 3.05) is 0 Å². The highest BCUT2D eigenvalue weighted by atomic mass is 79.9. The first-order chi connectivity index (χ1) is 13.5. The van der Waals surface area contributed by atoms with E-state index < -0.39 is 0 Å². The summed E-state index contributed by atoms with van der Waals surface area (Å²) in [5, 5.41) is 4.99. The Labute approximate surface area is 170 Å². The van der Waals surface area contributed by atoms with Crippen LogP contribution in [0.1, 0.15) is 27.5 Å². The van der Waals surface area contributed by atoms with Crippen molar-refractivity contribution < 1.29 is 9.21 Å². The van der Waals surface area contributed by atoms with E-state index in [0.717, 1.165) is 32.5 Å². The van der Waals surface area contributed by atoms with Gasteiger partial charge in [0.25, 0.3) is 0 Å². The second-order valence-electron chi connectivity index (χ2n) is 6.49. The van der Waals surface area contributed by atoms with Crippen LogP contribution < -0.4 is 5.43 Å². The molecule has 2 aromatic carbocycles. The number of aryl methyl sites for hydroxylation is 1. The lowest BCUT2D eigenvalue weighted by Gasteiger charge is -2.09. The summed E-state index contributed by atoms with van der Waals surface area (Å²) < 4.78 is 8.72. The van der Waals surface area contributed by atoms with Gasteiger partial charge in [-0.25, -0.2) is 5.43 Å². The standard InChI is InChI=1S/C22H18BrN3O2/c1-14-10-17(15(2)26(14)19-8-5-7-18(23)12-19)13-24-25-22(27)21-11-16-6-3-4-9-20(16)28-21/h3-13H,1-2H3,(H,25,27)/b24-13+. The molecule has 28 heavy (non-hydrogen) atoms. The molecule has 2 aromatic heterocycles. The number of carbonyl (C=O) groups is 1. The van der Waals surface area contributed by atoms with Crippen LogP contribution in [0.5, 0.6) is 0 Å². The van der Waals surface area contributed by atoms with Gasteiger partial charge in [-0.05, 0) is 50.2 Å². The molecule has 0 aliphatic heterocycles. The number of nitrogens with one attached hydrogen (secondary N) is 1. The van der Waals surface area contributed by atoms with Crippen LogP contribution in [0, 0.1) is 13.8 Å². The predicted octanol–water partition coefficient (Wildman–Crippen LogP) is 5.37. The molecule has 0 bridgehead atoms. The monoisotopic (exact) mass is 435 g/mol. The first-order valence-corrected chi connectivity index (χ1v) is 9.59. The first-order valence-electron chi connectivity index (χ1n) is 8.80. The fourth-order valence-corrected chi connectivity index (χ4v) is 3.63. The number of fused-ring (bicyclic) bond motifs is 1. The normalized spacial score (nSPS) is 11.4. The molecular weight excluding hydrogens is 418 g/mol. The molecular formula is C22H18BrN3O2. The number of furan rings is 1. The molecule has 1 N–H and O–H groups in total. The quantitative estimate of drug-likeness (QED) is 0.346. The summed E-state index contributed by atoms with van der Waals surface area (Å²) in [5.41, 5.74) is 7.33. The molecule has 6 heteroatoms. The highest BCUT2D eigenvalue weighted by molar-refractivity contribution is 9.10. The lowest BCUT2D eigenvalue weighted by Crippen LogP contribution is -2.16. The molecule has 0 saturated carbocycles. The largest absolute Gasteiger partial charge is 0.451 e. The van der Waals surface area contributed by atoms with Crippen molar-refractivity contribution in [3.63, 3.8) is 0 Å². The Hall–Kier alpha value is -3.12. The van der Waals surface area contributed by atoms with Gasteiger partial charge in [0.2, 0.25) is 0 Å². The second-order valence-corrected chi connectivity index (χ2v) is 7.41. The van der Waals surface area contributed by atoms with Crippen LogP contribution in [0.4, 0.5) is 0 Å². The number of benzene rings is 2. The van der Waals surface area contributed by atoms with Crippen molar-refractivity contribution in [2.24, 2.45) is 5.10 Å². The minimum absolute atomic E-state index is 0.234. The third kappa shape index (κ3) is 3.51. The van der Waals surface area contributed by atoms with Crippen LogP contribution in [-0.2, 0) is 0 Å². The summed E-state index contributed by atoms with van der Waals surface area (Å²) in [5.74, 6) is -0.147. The number of hydrogen-bond donors (Lipinski definition) is 1. The molecule has 0 aliphatic carbocycles. The minimum atomic E-state index is -0.381. The topological polar surface area (TPSA) is 59.5 Å². The Kier molecular flexibility index (Phi) is 4.88. The number of carbonyl (C=O) groups excluding carboxylic acids is 1. The maximum Gasteiger partial charge on any atom is 0.307 e. The van der Waals surface area contributed by atoms with Crippen molar-refractivity contribution >= 4 is 39.0 Å². The molecule has 4 aromatic rings. The van der Waals surface area contributed by atoms with E-state index in [1.54, 1.807) is 12.3 Å². The number of aromatic nitrogens is 1. The summed E-state index contributed by atoms with van der Waals surface area (Å²) in [7, 11) is 0. The number of para-hydroxylation sites is 1. The Morgan fingerprint density at radius 2 is 1.93 bits per heavy atom. The van der Waals surface area contributed by atoms with Crippen LogP contribution >= 0.6 is 15.9 Å². The van der Waals surface area contributed by atoms with E-state index in [1.165, 1.54) is 0 Å². The Balaban J connectivity index is 1.53. The minimum Gasteiger partial charge on any atom is -0.451 e. The summed E-state index contributed by atoms with van der Waals surface area (Å²) in [6, 6.07) is 19.3. The zero-order valence-corrected chi connectivity index (χ0v) is 17.0. The summed E-state index contributed by atoms with van der Waals surface area (Å²) >= 11 is 3.51. The van der Waals surface area contributed by atoms with Gasteiger partial charge in [0, 0.05) is 32.5 Å². The maximum absolute atomic E-state index is 12.3. The molecule has 0 atom stereocenters. The molecule has 0 saturated heterocycles. The van der Waals surface area contributed by atoms with Crippen molar-refractivity contribution in [1.29, 1.82) is 0 Å². The number of amides is 1. The third-order valence-corrected chi connectivity index (χ3v) is 5.05. The number of rotatable bonds is 4. The van der Waals surface area contributed by atoms with Gasteiger partial charge in [-0.1, -0.05) is 40.2 Å². The summed E-state index contributed by atoms with van der Waals surface area (Å²) in [4.78, 5) is 12.3. The number of nitrogens with zero attached hydrogens (tertiary/aromatic N) is 2. The summed E-state index contributed by atoms with van der Waals surface area (Å²) in [6.45, 7) is 4.06. The van der Waals surface area contributed by atoms with Crippen LogP contribution in [-0.4, -0.2) is 16.7 Å². The van der Waals surface area contributed by atoms with Crippen LogP contribution in [0.15, 0.2) is 74.7 Å². The molecule has 2 heterocycles. The van der Waals surface area contributed by atoms with Gasteiger partial charge in [-0.2, -0.15) is 5.10 Å². The van der Waals surface area contributed by atoms with Gasteiger partial charge < -0.3 is 8.98 Å². The van der Waals surface area contributed by atoms with E-state index >= 15 is 0 Å². The van der Waals surface area contributed by atoms with E-state index in [1.807, 2.05) is 56.3 Å². The molecule has 140 valence electrons. The molecule has 0 radical (unpaired) electrons. The number of hydrogen-bond acceptors (Lipinski definition) is 3. The Morgan fingerprint density at radius 1 is 1.11 bits per heavy atom. The van der Waals surface area contributed by atoms with E-state index in [4.69, 9.17) is 4.42 Å². The van der Waals surface area contributed by atoms with Crippen molar-refractivity contribution in [1.82, 2.24) is 9.99 Å².